The maximum atomic E-state index is 12.6. The Morgan fingerprint density at radius 2 is 1.44 bits per heavy atom. The van der Waals surface area contributed by atoms with Gasteiger partial charge in [0.2, 0.25) is 10.0 Å². The zero-order valence-corrected chi connectivity index (χ0v) is 21.1. The number of amides is 1. The van der Waals surface area contributed by atoms with E-state index in [1.165, 1.54) is 16.1 Å². The Balaban J connectivity index is 1.68. The molecule has 0 heterocycles. The lowest BCUT2D eigenvalue weighted by atomic mass is 9.86. The van der Waals surface area contributed by atoms with E-state index < -0.39 is 10.0 Å². The summed E-state index contributed by atoms with van der Waals surface area (Å²) in [6, 6.07) is 23.9. The highest BCUT2D eigenvalue weighted by Crippen LogP contribution is 2.22. The van der Waals surface area contributed by atoms with E-state index in [2.05, 4.69) is 43.4 Å². The maximum Gasteiger partial charge on any atom is 0.271 e. The van der Waals surface area contributed by atoms with Gasteiger partial charge in [-0.15, -0.1) is 0 Å². The van der Waals surface area contributed by atoms with Crippen LogP contribution in [0.1, 0.15) is 54.7 Å². The first kappa shape index (κ1) is 25.2. The molecule has 7 heteroatoms. The summed E-state index contributed by atoms with van der Waals surface area (Å²) in [5.74, 6) is -0.333. The number of rotatable bonds is 7. The molecule has 0 aliphatic rings. The molecule has 0 aliphatic carbocycles. The van der Waals surface area contributed by atoms with Crippen molar-refractivity contribution in [3.8, 4) is 0 Å². The van der Waals surface area contributed by atoms with Crippen LogP contribution in [0.4, 0.5) is 5.69 Å². The molecule has 34 heavy (non-hydrogen) atoms. The number of hydrazone groups is 1. The molecule has 0 saturated heterocycles. The number of anilines is 1. The first-order valence-corrected chi connectivity index (χ1v) is 12.9. The van der Waals surface area contributed by atoms with E-state index >= 15 is 0 Å². The Morgan fingerprint density at radius 3 is 1.97 bits per heavy atom. The van der Waals surface area contributed by atoms with Crippen molar-refractivity contribution in [2.24, 2.45) is 5.10 Å². The van der Waals surface area contributed by atoms with Crippen molar-refractivity contribution < 1.29 is 13.2 Å². The molecular formula is C27H31N3O3S. The first-order valence-electron chi connectivity index (χ1n) is 11.0. The van der Waals surface area contributed by atoms with Crippen LogP contribution in [-0.2, 0) is 22.0 Å². The second-order valence-electron chi connectivity index (χ2n) is 9.27. The van der Waals surface area contributed by atoms with Crippen LogP contribution < -0.4 is 9.73 Å². The van der Waals surface area contributed by atoms with Crippen LogP contribution in [0.15, 0.2) is 84.0 Å². The summed E-state index contributed by atoms with van der Waals surface area (Å²) in [5.41, 5.74) is 7.34. The quantitative estimate of drug-likeness (QED) is 0.380. The fourth-order valence-corrected chi connectivity index (χ4v) is 4.29. The number of carbonyl (C=O) groups is 1. The van der Waals surface area contributed by atoms with Gasteiger partial charge in [0, 0.05) is 5.56 Å². The molecule has 0 saturated carbocycles. The van der Waals surface area contributed by atoms with Crippen LogP contribution in [0.25, 0.3) is 0 Å². The van der Waals surface area contributed by atoms with Gasteiger partial charge in [-0.2, -0.15) is 5.10 Å². The van der Waals surface area contributed by atoms with Crippen LogP contribution >= 0.6 is 0 Å². The topological polar surface area (TPSA) is 78.8 Å². The molecule has 3 aromatic rings. The van der Waals surface area contributed by atoms with Gasteiger partial charge in [0.05, 0.1) is 24.2 Å². The van der Waals surface area contributed by atoms with E-state index in [0.29, 0.717) is 17.0 Å². The summed E-state index contributed by atoms with van der Waals surface area (Å²) in [4.78, 5) is 12.6. The van der Waals surface area contributed by atoms with Crippen molar-refractivity contribution in [1.29, 1.82) is 0 Å². The minimum Gasteiger partial charge on any atom is -0.267 e. The van der Waals surface area contributed by atoms with Gasteiger partial charge in [0.1, 0.15) is 0 Å². The number of hydrogen-bond acceptors (Lipinski definition) is 4. The second kappa shape index (κ2) is 10.2. The van der Waals surface area contributed by atoms with E-state index in [-0.39, 0.29) is 17.9 Å². The van der Waals surface area contributed by atoms with Gasteiger partial charge >= 0.3 is 0 Å². The molecule has 0 fully saturated rings. The number of carbonyl (C=O) groups excluding carboxylic acids is 1. The lowest BCUT2D eigenvalue weighted by Gasteiger charge is -2.22. The Hall–Kier alpha value is -3.45. The highest BCUT2D eigenvalue weighted by Gasteiger charge is 2.18. The van der Waals surface area contributed by atoms with Crippen molar-refractivity contribution in [2.75, 3.05) is 10.6 Å². The molecular weight excluding hydrogens is 446 g/mol. The third-order valence-corrected chi connectivity index (χ3v) is 6.62. The minimum absolute atomic E-state index is 0.0728. The zero-order chi connectivity index (χ0) is 24.9. The predicted molar refractivity (Wildman–Crippen MR) is 139 cm³/mol. The van der Waals surface area contributed by atoms with Crippen LogP contribution in [0.5, 0.6) is 0 Å². The van der Waals surface area contributed by atoms with E-state index in [1.54, 1.807) is 48.5 Å². The number of para-hydroxylation sites is 1. The third-order valence-electron chi connectivity index (χ3n) is 5.48. The first-order chi connectivity index (χ1) is 15.9. The van der Waals surface area contributed by atoms with Crippen molar-refractivity contribution in [2.45, 2.75) is 39.7 Å². The average molecular weight is 478 g/mol. The van der Waals surface area contributed by atoms with E-state index in [0.717, 1.165) is 11.1 Å². The molecule has 0 spiro atoms. The van der Waals surface area contributed by atoms with Crippen LogP contribution in [0, 0.1) is 0 Å². The summed E-state index contributed by atoms with van der Waals surface area (Å²) < 4.78 is 25.9. The Bertz CT molecular complexity index is 1260. The third kappa shape index (κ3) is 6.54. The summed E-state index contributed by atoms with van der Waals surface area (Å²) in [7, 11) is -3.46. The van der Waals surface area contributed by atoms with Crippen LogP contribution in [0.3, 0.4) is 0 Å². The second-order valence-corrected chi connectivity index (χ2v) is 11.2. The molecule has 0 atom stereocenters. The number of benzene rings is 3. The zero-order valence-electron chi connectivity index (χ0n) is 20.2. The molecule has 1 N–H and O–H groups in total. The minimum atomic E-state index is -3.46. The molecule has 0 unspecified atom stereocenters. The molecule has 0 aromatic heterocycles. The smallest absolute Gasteiger partial charge is 0.267 e. The van der Waals surface area contributed by atoms with E-state index in [4.69, 9.17) is 0 Å². The van der Waals surface area contributed by atoms with Gasteiger partial charge in [-0.3, -0.25) is 9.10 Å². The lowest BCUT2D eigenvalue weighted by Crippen LogP contribution is -2.29. The molecule has 0 aliphatic heterocycles. The maximum absolute atomic E-state index is 12.6. The molecule has 3 aromatic carbocycles. The molecule has 0 bridgehead atoms. The van der Waals surface area contributed by atoms with Gasteiger partial charge in [-0.05, 0) is 53.3 Å². The molecule has 1 amide bonds. The van der Waals surface area contributed by atoms with Gasteiger partial charge in [-0.1, -0.05) is 75.4 Å². The van der Waals surface area contributed by atoms with Crippen LogP contribution in [-0.4, -0.2) is 26.3 Å². The molecule has 178 valence electrons. The normalized spacial score (nSPS) is 12.3. The number of nitrogens with one attached hydrogen (secondary N) is 1. The summed E-state index contributed by atoms with van der Waals surface area (Å²) in [5, 5.41) is 4.23. The van der Waals surface area contributed by atoms with Crippen molar-refractivity contribution in [1.82, 2.24) is 5.43 Å². The fourth-order valence-electron chi connectivity index (χ4n) is 3.40. The van der Waals surface area contributed by atoms with Crippen LogP contribution in [0.2, 0.25) is 0 Å². The SMILES string of the molecule is C/C(=N/NC(=O)c1ccc(CN(c2ccccc2)S(C)(=O)=O)cc1)c1ccc(C(C)(C)C)cc1. The van der Waals surface area contributed by atoms with E-state index in [1.807, 2.05) is 25.1 Å². The number of nitrogens with zero attached hydrogens (tertiary/aromatic N) is 2. The summed E-state index contributed by atoms with van der Waals surface area (Å²) in [6.07, 6.45) is 1.18. The van der Waals surface area contributed by atoms with Crippen molar-refractivity contribution in [3.05, 3.63) is 101 Å². The largest absolute Gasteiger partial charge is 0.271 e. The highest BCUT2D eigenvalue weighted by atomic mass is 32.2. The van der Waals surface area contributed by atoms with Crippen molar-refractivity contribution >= 4 is 27.3 Å². The number of hydrogen-bond donors (Lipinski definition) is 1. The van der Waals surface area contributed by atoms with Crippen molar-refractivity contribution in [3.63, 3.8) is 0 Å². The lowest BCUT2D eigenvalue weighted by molar-refractivity contribution is 0.0955. The fraction of sp³-hybridized carbons (Fsp3) is 0.259. The Labute approximate surface area is 202 Å². The van der Waals surface area contributed by atoms with Gasteiger partial charge < -0.3 is 0 Å². The molecule has 0 radical (unpaired) electrons. The monoisotopic (exact) mass is 477 g/mol. The predicted octanol–water partition coefficient (Wildman–Crippen LogP) is 5.10. The Morgan fingerprint density at radius 1 is 0.882 bits per heavy atom. The van der Waals surface area contributed by atoms with Gasteiger partial charge in [0.25, 0.3) is 5.91 Å². The van der Waals surface area contributed by atoms with Gasteiger partial charge in [-0.25, -0.2) is 13.8 Å². The molecule has 6 nitrogen and oxygen atoms in total. The number of sulfonamides is 1. The molecule has 3 rings (SSSR count). The average Bonchev–Trinajstić information content (AvgIpc) is 2.80. The van der Waals surface area contributed by atoms with E-state index in [9.17, 15) is 13.2 Å². The highest BCUT2D eigenvalue weighted by molar-refractivity contribution is 7.92. The summed E-state index contributed by atoms with van der Waals surface area (Å²) in [6.45, 7) is 8.50. The Kier molecular flexibility index (Phi) is 7.57. The summed E-state index contributed by atoms with van der Waals surface area (Å²) >= 11 is 0. The standard InChI is InChI=1S/C27H31N3O3S/c1-20(22-15-17-24(18-16-22)27(2,3)4)28-29-26(31)23-13-11-21(12-14-23)19-30(34(5,32)33)25-9-7-6-8-10-25/h6-18H,19H2,1-5H3,(H,29,31)/b28-20-. The van der Waals surface area contributed by atoms with Gasteiger partial charge in [0.15, 0.2) is 0 Å².